The SMILES string of the molecule is COc1cc(S(=O)(=O)Oc2ccccn2)c(OC)cc1Cl. The lowest BCUT2D eigenvalue weighted by atomic mass is 10.3. The molecule has 8 heteroatoms. The molecule has 0 saturated heterocycles. The van der Waals surface area contributed by atoms with Gasteiger partial charge in [0.2, 0.25) is 5.88 Å². The van der Waals surface area contributed by atoms with Crippen LogP contribution in [0.5, 0.6) is 17.4 Å². The van der Waals surface area contributed by atoms with Crippen molar-refractivity contribution in [1.29, 1.82) is 0 Å². The minimum absolute atomic E-state index is 0.0477. The van der Waals surface area contributed by atoms with E-state index in [4.69, 9.17) is 25.3 Å². The summed E-state index contributed by atoms with van der Waals surface area (Å²) in [6.45, 7) is 0. The molecular weight excluding hydrogens is 318 g/mol. The fourth-order valence-electron chi connectivity index (χ4n) is 1.58. The van der Waals surface area contributed by atoms with Gasteiger partial charge in [-0.05, 0) is 6.07 Å². The van der Waals surface area contributed by atoms with Crippen LogP contribution in [0.1, 0.15) is 0 Å². The molecule has 2 rings (SSSR count). The van der Waals surface area contributed by atoms with E-state index < -0.39 is 10.1 Å². The quantitative estimate of drug-likeness (QED) is 0.785. The van der Waals surface area contributed by atoms with E-state index >= 15 is 0 Å². The maximum absolute atomic E-state index is 12.3. The third kappa shape index (κ3) is 3.37. The molecule has 2 aromatic rings. The van der Waals surface area contributed by atoms with Crippen molar-refractivity contribution in [2.45, 2.75) is 4.90 Å². The molecule has 0 bridgehead atoms. The molecule has 0 unspecified atom stereocenters. The van der Waals surface area contributed by atoms with Gasteiger partial charge in [-0.25, -0.2) is 4.98 Å². The highest BCUT2D eigenvalue weighted by atomic mass is 35.5. The molecule has 6 nitrogen and oxygen atoms in total. The van der Waals surface area contributed by atoms with E-state index in [0.717, 1.165) is 0 Å². The van der Waals surface area contributed by atoms with Crippen LogP contribution in [0.25, 0.3) is 0 Å². The summed E-state index contributed by atoms with van der Waals surface area (Å²) in [4.78, 5) is 3.61. The Balaban J connectivity index is 2.48. The van der Waals surface area contributed by atoms with Gasteiger partial charge in [0.05, 0.1) is 19.2 Å². The molecule has 0 aliphatic heterocycles. The summed E-state index contributed by atoms with van der Waals surface area (Å²) in [6, 6.07) is 7.26. The Kier molecular flexibility index (Phi) is 4.54. The third-order valence-corrected chi connectivity index (χ3v) is 4.08. The minimum Gasteiger partial charge on any atom is -0.495 e. The smallest absolute Gasteiger partial charge is 0.344 e. The summed E-state index contributed by atoms with van der Waals surface area (Å²) in [5.41, 5.74) is 0. The molecule has 0 aliphatic rings. The van der Waals surface area contributed by atoms with Gasteiger partial charge in [0.15, 0.2) is 4.90 Å². The molecule has 0 radical (unpaired) electrons. The number of benzene rings is 1. The first-order chi connectivity index (χ1) is 9.97. The number of halogens is 1. The minimum atomic E-state index is -4.13. The Morgan fingerprint density at radius 1 is 1.10 bits per heavy atom. The molecule has 0 amide bonds. The first-order valence-corrected chi connectivity index (χ1v) is 7.53. The van der Waals surface area contributed by atoms with E-state index in [1.165, 1.54) is 38.6 Å². The number of hydrogen-bond acceptors (Lipinski definition) is 6. The van der Waals surface area contributed by atoms with Gasteiger partial charge < -0.3 is 13.7 Å². The predicted molar refractivity (Wildman–Crippen MR) is 76.6 cm³/mol. The standard InChI is InChI=1S/C13H12ClNO5S/c1-18-10-8-12(11(19-2)7-9(10)14)21(16,17)20-13-5-3-4-6-15-13/h3-8H,1-2H3. The van der Waals surface area contributed by atoms with E-state index in [9.17, 15) is 8.42 Å². The van der Waals surface area contributed by atoms with Crippen molar-refractivity contribution in [2.24, 2.45) is 0 Å². The lowest BCUT2D eigenvalue weighted by Gasteiger charge is -2.12. The topological polar surface area (TPSA) is 74.7 Å². The van der Waals surface area contributed by atoms with Gasteiger partial charge in [0.1, 0.15) is 11.5 Å². The highest BCUT2D eigenvalue weighted by Gasteiger charge is 2.25. The van der Waals surface area contributed by atoms with Crippen molar-refractivity contribution in [1.82, 2.24) is 4.98 Å². The molecule has 0 aliphatic carbocycles. The van der Waals surface area contributed by atoms with Gasteiger partial charge in [0, 0.05) is 24.4 Å². The number of hydrogen-bond donors (Lipinski definition) is 0. The zero-order chi connectivity index (χ0) is 15.5. The van der Waals surface area contributed by atoms with Crippen molar-refractivity contribution < 1.29 is 22.1 Å². The van der Waals surface area contributed by atoms with Gasteiger partial charge in [-0.15, -0.1) is 0 Å². The highest BCUT2D eigenvalue weighted by molar-refractivity contribution is 7.87. The Morgan fingerprint density at radius 2 is 1.81 bits per heavy atom. The van der Waals surface area contributed by atoms with Crippen LogP contribution in [-0.2, 0) is 10.1 Å². The van der Waals surface area contributed by atoms with Crippen molar-refractivity contribution in [3.05, 3.63) is 41.6 Å². The summed E-state index contributed by atoms with van der Waals surface area (Å²) in [5, 5.41) is 0.228. The lowest BCUT2D eigenvalue weighted by molar-refractivity contribution is 0.388. The zero-order valence-corrected chi connectivity index (χ0v) is 12.8. The Labute approximate surface area is 127 Å². The maximum Gasteiger partial charge on any atom is 0.344 e. The molecule has 1 aromatic heterocycles. The summed E-state index contributed by atoms with van der Waals surface area (Å²) in [5.74, 6) is 0.200. The van der Waals surface area contributed by atoms with Gasteiger partial charge in [-0.1, -0.05) is 17.7 Å². The summed E-state index contributed by atoms with van der Waals surface area (Å²) in [7, 11) is -1.42. The molecule has 0 atom stereocenters. The average Bonchev–Trinajstić information content (AvgIpc) is 2.47. The van der Waals surface area contributed by atoms with Crippen molar-refractivity contribution in [3.63, 3.8) is 0 Å². The van der Waals surface area contributed by atoms with E-state index in [0.29, 0.717) is 0 Å². The predicted octanol–water partition coefficient (Wildman–Crippen LogP) is 2.52. The van der Waals surface area contributed by atoms with Gasteiger partial charge in [0.25, 0.3) is 0 Å². The van der Waals surface area contributed by atoms with E-state index in [1.807, 2.05) is 0 Å². The van der Waals surface area contributed by atoms with Crippen LogP contribution in [0.15, 0.2) is 41.4 Å². The van der Waals surface area contributed by atoms with Gasteiger partial charge >= 0.3 is 10.1 Å². The third-order valence-electron chi connectivity index (χ3n) is 2.54. The fraction of sp³-hybridized carbons (Fsp3) is 0.154. The fourth-order valence-corrected chi connectivity index (χ4v) is 2.87. The molecule has 0 N–H and O–H groups in total. The van der Waals surface area contributed by atoms with Crippen LogP contribution in [0, 0.1) is 0 Å². The largest absolute Gasteiger partial charge is 0.495 e. The lowest BCUT2D eigenvalue weighted by Crippen LogP contribution is -2.12. The second kappa shape index (κ2) is 6.19. The van der Waals surface area contributed by atoms with Crippen LogP contribution < -0.4 is 13.7 Å². The molecule has 0 spiro atoms. The second-order valence-corrected chi connectivity index (χ2v) is 5.76. The van der Waals surface area contributed by atoms with Crippen LogP contribution in [0.4, 0.5) is 0 Å². The van der Waals surface area contributed by atoms with Crippen LogP contribution in [-0.4, -0.2) is 27.6 Å². The van der Waals surface area contributed by atoms with Crippen molar-refractivity contribution >= 4 is 21.7 Å². The molecule has 112 valence electrons. The van der Waals surface area contributed by atoms with Crippen LogP contribution >= 0.6 is 11.6 Å². The number of pyridine rings is 1. The zero-order valence-electron chi connectivity index (χ0n) is 11.2. The Hall–Kier alpha value is -1.99. The van der Waals surface area contributed by atoms with Crippen molar-refractivity contribution in [2.75, 3.05) is 14.2 Å². The number of ether oxygens (including phenoxy) is 2. The van der Waals surface area contributed by atoms with E-state index in [1.54, 1.807) is 12.1 Å². The normalized spacial score (nSPS) is 11.0. The molecular formula is C13H12ClNO5S. The summed E-state index contributed by atoms with van der Waals surface area (Å²) in [6.07, 6.45) is 1.42. The molecule has 1 heterocycles. The number of methoxy groups -OCH3 is 2. The van der Waals surface area contributed by atoms with Gasteiger partial charge in [-0.3, -0.25) is 0 Å². The second-order valence-electron chi connectivity index (χ2n) is 3.84. The van der Waals surface area contributed by atoms with Gasteiger partial charge in [-0.2, -0.15) is 8.42 Å². The van der Waals surface area contributed by atoms with E-state index in [2.05, 4.69) is 4.98 Å². The first kappa shape index (κ1) is 15.4. The highest BCUT2D eigenvalue weighted by Crippen LogP contribution is 2.35. The molecule has 0 fully saturated rings. The van der Waals surface area contributed by atoms with Crippen LogP contribution in [0.2, 0.25) is 5.02 Å². The molecule has 0 saturated carbocycles. The molecule has 1 aromatic carbocycles. The Morgan fingerprint density at radius 3 is 2.38 bits per heavy atom. The van der Waals surface area contributed by atoms with Crippen LogP contribution in [0.3, 0.4) is 0 Å². The average molecular weight is 330 g/mol. The first-order valence-electron chi connectivity index (χ1n) is 5.75. The molecule has 21 heavy (non-hydrogen) atoms. The maximum atomic E-state index is 12.3. The number of nitrogens with zero attached hydrogens (tertiary/aromatic N) is 1. The van der Waals surface area contributed by atoms with E-state index in [-0.39, 0.29) is 27.3 Å². The monoisotopic (exact) mass is 329 g/mol. The summed E-state index contributed by atoms with van der Waals surface area (Å²) < 4.78 is 39.6. The number of aromatic nitrogens is 1. The number of rotatable bonds is 5. The van der Waals surface area contributed by atoms with Crippen molar-refractivity contribution in [3.8, 4) is 17.4 Å². The Bertz CT molecular complexity index is 734. The summed E-state index contributed by atoms with van der Waals surface area (Å²) >= 11 is 5.94.